The third-order valence-electron chi connectivity index (χ3n) is 5.64. The van der Waals surface area contributed by atoms with Gasteiger partial charge in [0.2, 0.25) is 0 Å². The third kappa shape index (κ3) is 4.17. The number of ether oxygens (including phenoxy) is 1. The molecule has 2 aromatic carbocycles. The molecule has 2 heterocycles. The number of hydrogen-bond acceptors (Lipinski definition) is 4. The Labute approximate surface area is 170 Å². The fraction of sp³-hybridized carbons (Fsp3) is 0.304. The smallest absolute Gasteiger partial charge is 0.257 e. The number of amides is 1. The van der Waals surface area contributed by atoms with E-state index in [1.165, 1.54) is 5.56 Å². The number of nitrogens with two attached hydrogens (primary N) is 1. The fourth-order valence-electron chi connectivity index (χ4n) is 4.01. The van der Waals surface area contributed by atoms with Gasteiger partial charge in [-0.15, -0.1) is 0 Å². The molecule has 1 amide bonds. The summed E-state index contributed by atoms with van der Waals surface area (Å²) in [5.41, 5.74) is 8.97. The maximum atomic E-state index is 13.0. The molecule has 6 heteroatoms. The molecule has 1 aromatic heterocycles. The van der Waals surface area contributed by atoms with Crippen molar-refractivity contribution < 1.29 is 9.53 Å². The topological polar surface area (TPSA) is 73.4 Å². The van der Waals surface area contributed by atoms with Crippen LogP contribution < -0.4 is 10.5 Å². The molecular weight excluding hydrogens is 364 g/mol. The van der Waals surface area contributed by atoms with Gasteiger partial charge in [-0.3, -0.25) is 9.48 Å². The SMILES string of the molecule is COc1ccc(Cn2cc(C(=O)N3C[C@@H](CN)[C@H](c4ccccc4)C3)cn2)cc1. The average molecular weight is 390 g/mol. The maximum Gasteiger partial charge on any atom is 0.257 e. The Kier molecular flexibility index (Phi) is 5.62. The largest absolute Gasteiger partial charge is 0.497 e. The molecule has 29 heavy (non-hydrogen) atoms. The summed E-state index contributed by atoms with van der Waals surface area (Å²) in [5, 5.41) is 4.38. The molecule has 1 fully saturated rings. The Morgan fingerprint density at radius 3 is 2.59 bits per heavy atom. The van der Waals surface area contributed by atoms with Crippen LogP contribution in [0.3, 0.4) is 0 Å². The summed E-state index contributed by atoms with van der Waals surface area (Å²) in [7, 11) is 1.65. The van der Waals surface area contributed by atoms with E-state index in [9.17, 15) is 4.79 Å². The quantitative estimate of drug-likeness (QED) is 0.702. The van der Waals surface area contributed by atoms with Crippen LogP contribution in [-0.2, 0) is 6.54 Å². The molecule has 1 saturated heterocycles. The number of nitrogens with zero attached hydrogens (tertiary/aromatic N) is 3. The van der Waals surface area contributed by atoms with E-state index in [4.69, 9.17) is 10.5 Å². The lowest BCUT2D eigenvalue weighted by molar-refractivity contribution is 0.0786. The lowest BCUT2D eigenvalue weighted by Crippen LogP contribution is -2.29. The molecule has 0 radical (unpaired) electrons. The molecule has 0 spiro atoms. The first kappa shape index (κ1) is 19.2. The van der Waals surface area contributed by atoms with Gasteiger partial charge in [0.05, 0.1) is 25.4 Å². The molecule has 6 nitrogen and oxygen atoms in total. The minimum atomic E-state index is 0.0165. The highest BCUT2D eigenvalue weighted by atomic mass is 16.5. The second-order valence-electron chi connectivity index (χ2n) is 7.50. The lowest BCUT2D eigenvalue weighted by Gasteiger charge is -2.16. The summed E-state index contributed by atoms with van der Waals surface area (Å²) in [6.45, 7) is 2.54. The van der Waals surface area contributed by atoms with Gasteiger partial charge >= 0.3 is 0 Å². The van der Waals surface area contributed by atoms with Gasteiger partial charge in [0.15, 0.2) is 0 Å². The standard InChI is InChI=1S/C23H26N4O2/c1-29-21-9-7-17(8-10-21)13-27-15-20(12-25-27)23(28)26-14-19(11-24)22(16-26)18-5-3-2-4-6-18/h2-10,12,15,19,22H,11,13-14,16,24H2,1H3/t19-,22+/m1/s1. The van der Waals surface area contributed by atoms with Gasteiger partial charge in [0.1, 0.15) is 5.75 Å². The summed E-state index contributed by atoms with van der Waals surface area (Å²) in [5.74, 6) is 1.39. The van der Waals surface area contributed by atoms with E-state index < -0.39 is 0 Å². The Morgan fingerprint density at radius 1 is 1.14 bits per heavy atom. The van der Waals surface area contributed by atoms with E-state index in [0.717, 1.165) is 11.3 Å². The van der Waals surface area contributed by atoms with Crippen molar-refractivity contribution in [3.8, 4) is 5.75 Å². The van der Waals surface area contributed by atoms with Gasteiger partial charge in [0, 0.05) is 25.2 Å². The number of aromatic nitrogens is 2. The van der Waals surface area contributed by atoms with Crippen molar-refractivity contribution in [1.29, 1.82) is 0 Å². The number of carbonyl (C=O) groups is 1. The zero-order valence-corrected chi connectivity index (χ0v) is 16.6. The summed E-state index contributed by atoms with van der Waals surface area (Å²) < 4.78 is 6.98. The first-order valence-electron chi connectivity index (χ1n) is 9.87. The van der Waals surface area contributed by atoms with E-state index >= 15 is 0 Å². The van der Waals surface area contributed by atoms with Crippen LogP contribution in [0.15, 0.2) is 67.0 Å². The molecule has 2 N–H and O–H groups in total. The summed E-state index contributed by atoms with van der Waals surface area (Å²) in [6, 6.07) is 18.2. The van der Waals surface area contributed by atoms with Gasteiger partial charge in [-0.1, -0.05) is 42.5 Å². The second kappa shape index (κ2) is 8.49. The maximum absolute atomic E-state index is 13.0. The Hall–Kier alpha value is -3.12. The van der Waals surface area contributed by atoms with E-state index in [2.05, 4.69) is 17.2 Å². The highest BCUT2D eigenvalue weighted by molar-refractivity contribution is 5.94. The van der Waals surface area contributed by atoms with Crippen molar-refractivity contribution in [3.05, 3.63) is 83.7 Å². The van der Waals surface area contributed by atoms with Crippen molar-refractivity contribution in [2.24, 2.45) is 11.7 Å². The summed E-state index contributed by atoms with van der Waals surface area (Å²) in [4.78, 5) is 15.0. The molecule has 0 bridgehead atoms. The van der Waals surface area contributed by atoms with Crippen LogP contribution in [0.25, 0.3) is 0 Å². The van der Waals surface area contributed by atoms with Crippen molar-refractivity contribution in [1.82, 2.24) is 14.7 Å². The Balaban J connectivity index is 1.44. The van der Waals surface area contributed by atoms with Crippen molar-refractivity contribution in [3.63, 3.8) is 0 Å². The predicted molar refractivity (Wildman–Crippen MR) is 112 cm³/mol. The van der Waals surface area contributed by atoms with Gasteiger partial charge in [-0.25, -0.2) is 0 Å². The van der Waals surface area contributed by atoms with Gasteiger partial charge in [-0.05, 0) is 35.7 Å². The highest BCUT2D eigenvalue weighted by Crippen LogP contribution is 2.32. The zero-order valence-electron chi connectivity index (χ0n) is 16.6. The molecule has 0 aliphatic carbocycles. The second-order valence-corrected chi connectivity index (χ2v) is 7.50. The predicted octanol–water partition coefficient (Wildman–Crippen LogP) is 2.75. The number of hydrogen-bond donors (Lipinski definition) is 1. The van der Waals surface area contributed by atoms with Crippen LogP contribution in [0.5, 0.6) is 5.75 Å². The molecule has 150 valence electrons. The third-order valence-corrected chi connectivity index (χ3v) is 5.64. The molecule has 1 aliphatic rings. The fourth-order valence-corrected chi connectivity index (χ4v) is 4.01. The lowest BCUT2D eigenvalue weighted by atomic mass is 9.89. The molecule has 1 aliphatic heterocycles. The van der Waals surface area contributed by atoms with Crippen molar-refractivity contribution >= 4 is 5.91 Å². The molecule has 4 rings (SSSR count). The van der Waals surface area contributed by atoms with Crippen LogP contribution in [0.1, 0.15) is 27.4 Å². The van der Waals surface area contributed by atoms with E-state index in [-0.39, 0.29) is 17.7 Å². The number of rotatable bonds is 6. The van der Waals surface area contributed by atoms with Crippen molar-refractivity contribution in [2.45, 2.75) is 12.5 Å². The summed E-state index contributed by atoms with van der Waals surface area (Å²) in [6.07, 6.45) is 3.47. The van der Waals surface area contributed by atoms with Crippen LogP contribution in [0, 0.1) is 5.92 Å². The van der Waals surface area contributed by atoms with Crippen molar-refractivity contribution in [2.75, 3.05) is 26.7 Å². The summed E-state index contributed by atoms with van der Waals surface area (Å²) >= 11 is 0. The number of likely N-dealkylation sites (tertiary alicyclic amines) is 1. The van der Waals surface area contributed by atoms with Crippen LogP contribution >= 0.6 is 0 Å². The Bertz CT molecular complexity index is 953. The van der Waals surface area contributed by atoms with Crippen LogP contribution in [0.2, 0.25) is 0 Å². The van der Waals surface area contributed by atoms with Gasteiger partial charge in [0.25, 0.3) is 5.91 Å². The molecule has 0 saturated carbocycles. The zero-order chi connectivity index (χ0) is 20.2. The number of benzene rings is 2. The molecular formula is C23H26N4O2. The number of carbonyl (C=O) groups excluding carboxylic acids is 1. The monoisotopic (exact) mass is 390 g/mol. The van der Waals surface area contributed by atoms with Gasteiger partial charge < -0.3 is 15.4 Å². The highest BCUT2D eigenvalue weighted by Gasteiger charge is 2.35. The Morgan fingerprint density at radius 2 is 1.90 bits per heavy atom. The van der Waals surface area contributed by atoms with E-state index in [0.29, 0.717) is 31.7 Å². The van der Waals surface area contributed by atoms with Crippen LogP contribution in [-0.4, -0.2) is 47.3 Å². The first-order chi connectivity index (χ1) is 14.2. The minimum absolute atomic E-state index is 0.0165. The molecule has 3 aromatic rings. The molecule has 0 unspecified atom stereocenters. The van der Waals surface area contributed by atoms with Gasteiger partial charge in [-0.2, -0.15) is 5.10 Å². The minimum Gasteiger partial charge on any atom is -0.497 e. The van der Waals surface area contributed by atoms with Crippen LogP contribution in [0.4, 0.5) is 0 Å². The normalized spacial score (nSPS) is 18.8. The average Bonchev–Trinajstić information content (AvgIpc) is 3.41. The van der Waals surface area contributed by atoms with E-state index in [1.54, 1.807) is 18.0 Å². The van der Waals surface area contributed by atoms with E-state index in [1.807, 2.05) is 53.6 Å². The first-order valence-corrected chi connectivity index (χ1v) is 9.87. The number of methoxy groups -OCH3 is 1. The molecule has 2 atom stereocenters.